The van der Waals surface area contributed by atoms with Crippen molar-refractivity contribution in [2.75, 3.05) is 51.9 Å². The first-order valence-corrected chi connectivity index (χ1v) is 12.3. The summed E-state index contributed by atoms with van der Waals surface area (Å²) in [4.78, 5) is 30.1. The molecule has 4 rings (SSSR count). The first-order valence-electron chi connectivity index (χ1n) is 11.9. The van der Waals surface area contributed by atoms with Crippen LogP contribution in [0.5, 0.6) is 11.5 Å². The Morgan fingerprint density at radius 3 is 2.49 bits per heavy atom. The van der Waals surface area contributed by atoms with Crippen LogP contribution < -0.4 is 14.8 Å². The number of benzene rings is 2. The summed E-state index contributed by atoms with van der Waals surface area (Å²) in [7, 11) is 1.60. The lowest BCUT2D eigenvalue weighted by Gasteiger charge is -2.26. The zero-order valence-corrected chi connectivity index (χ0v) is 21.9. The predicted molar refractivity (Wildman–Crippen MR) is 143 cm³/mol. The molecular weight excluding hydrogens is 535 g/mol. The molecule has 0 unspecified atom stereocenters. The number of aliphatic carboxylic acids is 2. The fraction of sp³-hybridized carbons (Fsp3) is 0.308. The summed E-state index contributed by atoms with van der Waals surface area (Å²) in [5.74, 6) is -1.20. The van der Waals surface area contributed by atoms with E-state index in [0.717, 1.165) is 44.7 Å². The number of carboxylic acids is 2. The third kappa shape index (κ3) is 9.36. The highest BCUT2D eigenvalue weighted by atomic mass is 35.5. The molecule has 39 heavy (non-hydrogen) atoms. The van der Waals surface area contributed by atoms with Crippen molar-refractivity contribution in [1.29, 1.82) is 0 Å². The maximum Gasteiger partial charge on any atom is 0.328 e. The molecule has 0 radical (unpaired) electrons. The fourth-order valence-corrected chi connectivity index (χ4v) is 3.76. The number of morpholine rings is 1. The van der Waals surface area contributed by atoms with Gasteiger partial charge >= 0.3 is 11.9 Å². The molecule has 1 fully saturated rings. The molecule has 0 aliphatic carbocycles. The van der Waals surface area contributed by atoms with Crippen molar-refractivity contribution in [2.24, 2.45) is 0 Å². The summed E-state index contributed by atoms with van der Waals surface area (Å²) >= 11 is 5.90. The van der Waals surface area contributed by atoms with Crippen LogP contribution in [-0.4, -0.2) is 83.6 Å². The highest BCUT2D eigenvalue weighted by molar-refractivity contribution is 6.31. The molecule has 3 N–H and O–H groups in total. The molecule has 0 atom stereocenters. The molecule has 0 saturated carbocycles. The SMILES string of the molecule is COc1cc2ncnc(Nc3ccc(F)c(Cl)c3)c2cc1OCCCN1CCOCC1.O=C(O)/C=C\C(=O)O. The average molecular weight is 563 g/mol. The monoisotopic (exact) mass is 562 g/mol. The van der Waals surface area contributed by atoms with Gasteiger partial charge in [-0.15, -0.1) is 0 Å². The Labute approximate surface area is 228 Å². The zero-order chi connectivity index (χ0) is 28.2. The minimum Gasteiger partial charge on any atom is -0.493 e. The van der Waals surface area contributed by atoms with Crippen molar-refractivity contribution in [3.05, 3.63) is 59.7 Å². The number of carbonyl (C=O) groups is 2. The van der Waals surface area contributed by atoms with E-state index in [1.807, 2.05) is 12.1 Å². The summed E-state index contributed by atoms with van der Waals surface area (Å²) in [6, 6.07) is 8.09. The molecule has 208 valence electrons. The van der Waals surface area contributed by atoms with Gasteiger partial charge in [-0.3, -0.25) is 4.90 Å². The highest BCUT2D eigenvalue weighted by Crippen LogP contribution is 2.35. The lowest BCUT2D eigenvalue weighted by molar-refractivity contribution is -0.134. The Bertz CT molecular complexity index is 1300. The van der Waals surface area contributed by atoms with Gasteiger partial charge in [0.05, 0.1) is 37.5 Å². The molecule has 1 saturated heterocycles. The summed E-state index contributed by atoms with van der Waals surface area (Å²) in [6.45, 7) is 5.00. The van der Waals surface area contributed by atoms with Crippen LogP contribution in [0.3, 0.4) is 0 Å². The Hall–Kier alpha value is -4.00. The lowest BCUT2D eigenvalue weighted by atomic mass is 10.2. The molecule has 0 bridgehead atoms. The van der Waals surface area contributed by atoms with Crippen molar-refractivity contribution >= 4 is 45.9 Å². The van der Waals surface area contributed by atoms with Crippen LogP contribution in [0.4, 0.5) is 15.9 Å². The number of hydrogen-bond acceptors (Lipinski definition) is 9. The number of anilines is 2. The number of aromatic nitrogens is 2. The van der Waals surface area contributed by atoms with Gasteiger partial charge in [-0.2, -0.15) is 0 Å². The van der Waals surface area contributed by atoms with Gasteiger partial charge in [-0.05, 0) is 30.7 Å². The van der Waals surface area contributed by atoms with Crippen LogP contribution in [0.2, 0.25) is 5.02 Å². The summed E-state index contributed by atoms with van der Waals surface area (Å²) in [5, 5.41) is 19.6. The second-order valence-electron chi connectivity index (χ2n) is 8.16. The van der Waals surface area contributed by atoms with Crippen molar-refractivity contribution in [3.63, 3.8) is 0 Å². The molecule has 2 heterocycles. The fourth-order valence-electron chi connectivity index (χ4n) is 3.58. The maximum atomic E-state index is 13.5. The van der Waals surface area contributed by atoms with Crippen LogP contribution >= 0.6 is 11.6 Å². The molecular formula is C26H28ClFN4O7. The first-order chi connectivity index (χ1) is 18.8. The van der Waals surface area contributed by atoms with Gasteiger partial charge in [-0.25, -0.2) is 23.9 Å². The van der Waals surface area contributed by atoms with Gasteiger partial charge in [0.25, 0.3) is 0 Å². The molecule has 1 aliphatic heterocycles. The summed E-state index contributed by atoms with van der Waals surface area (Å²) < 4.78 is 30.4. The predicted octanol–water partition coefficient (Wildman–Crippen LogP) is 3.99. The number of ether oxygens (including phenoxy) is 3. The molecule has 1 aliphatic rings. The highest BCUT2D eigenvalue weighted by Gasteiger charge is 2.14. The second kappa shape index (κ2) is 14.8. The van der Waals surface area contributed by atoms with E-state index >= 15 is 0 Å². The van der Waals surface area contributed by atoms with E-state index in [0.29, 0.717) is 47.3 Å². The van der Waals surface area contributed by atoms with Gasteiger partial charge in [0.15, 0.2) is 11.5 Å². The molecule has 0 amide bonds. The standard InChI is InChI=1S/C22H24ClFN4O3.C4H4O4/c1-29-20-13-19-16(12-21(20)31-8-2-5-28-6-9-30-10-7-28)22(26-14-25-19)27-15-3-4-18(24)17(23)11-15;5-3(6)1-2-4(7)8/h3-4,11-14H,2,5-10H2,1H3,(H,25,26,27);1-2H,(H,5,6)(H,7,8)/b;2-1-. The Morgan fingerprint density at radius 1 is 1.13 bits per heavy atom. The number of nitrogens with zero attached hydrogens (tertiary/aromatic N) is 3. The van der Waals surface area contributed by atoms with Gasteiger partial charge < -0.3 is 29.7 Å². The number of halogens is 2. The maximum absolute atomic E-state index is 13.5. The van der Waals surface area contributed by atoms with E-state index in [2.05, 4.69) is 20.2 Å². The van der Waals surface area contributed by atoms with Crippen LogP contribution in [0.15, 0.2) is 48.8 Å². The van der Waals surface area contributed by atoms with Gasteiger partial charge in [0.1, 0.15) is 18.0 Å². The number of methoxy groups -OCH3 is 1. The lowest BCUT2D eigenvalue weighted by Crippen LogP contribution is -2.37. The van der Waals surface area contributed by atoms with Crippen molar-refractivity contribution in [3.8, 4) is 11.5 Å². The normalized spacial score (nSPS) is 13.5. The van der Waals surface area contributed by atoms with Gasteiger partial charge in [-0.1, -0.05) is 11.6 Å². The van der Waals surface area contributed by atoms with Gasteiger partial charge in [0, 0.05) is 48.9 Å². The molecule has 1 aromatic heterocycles. The van der Waals surface area contributed by atoms with E-state index < -0.39 is 17.8 Å². The summed E-state index contributed by atoms with van der Waals surface area (Å²) in [6.07, 6.45) is 3.47. The average Bonchev–Trinajstić information content (AvgIpc) is 2.93. The van der Waals surface area contributed by atoms with Crippen molar-refractivity contribution in [1.82, 2.24) is 14.9 Å². The smallest absolute Gasteiger partial charge is 0.328 e. The molecule has 3 aromatic rings. The van der Waals surface area contributed by atoms with Crippen LogP contribution in [0.1, 0.15) is 6.42 Å². The quantitative estimate of drug-likeness (QED) is 0.244. The minimum absolute atomic E-state index is 0.0364. The molecule has 11 nitrogen and oxygen atoms in total. The van der Waals surface area contributed by atoms with Crippen molar-refractivity contribution in [2.45, 2.75) is 6.42 Å². The molecule has 0 spiro atoms. The largest absolute Gasteiger partial charge is 0.493 e. The number of nitrogens with one attached hydrogen (secondary N) is 1. The van der Waals surface area contributed by atoms with E-state index in [9.17, 15) is 14.0 Å². The number of hydrogen-bond donors (Lipinski definition) is 3. The Kier molecular flexibility index (Phi) is 11.2. The first kappa shape index (κ1) is 29.6. The number of fused-ring (bicyclic) bond motifs is 1. The van der Waals surface area contributed by atoms with E-state index in [1.54, 1.807) is 13.2 Å². The molecule has 2 aromatic carbocycles. The van der Waals surface area contributed by atoms with Crippen LogP contribution in [0.25, 0.3) is 10.9 Å². The zero-order valence-electron chi connectivity index (χ0n) is 21.1. The number of rotatable bonds is 10. The molecule has 13 heteroatoms. The minimum atomic E-state index is -1.26. The van der Waals surface area contributed by atoms with Crippen LogP contribution in [0, 0.1) is 5.82 Å². The summed E-state index contributed by atoms with van der Waals surface area (Å²) in [5.41, 5.74) is 1.32. The third-order valence-electron chi connectivity index (χ3n) is 5.45. The Balaban J connectivity index is 0.000000459. The second-order valence-corrected chi connectivity index (χ2v) is 8.57. The van der Waals surface area contributed by atoms with Crippen molar-refractivity contribution < 1.29 is 38.4 Å². The third-order valence-corrected chi connectivity index (χ3v) is 5.74. The van der Waals surface area contributed by atoms with Crippen LogP contribution in [-0.2, 0) is 14.3 Å². The van der Waals surface area contributed by atoms with E-state index in [4.69, 9.17) is 36.0 Å². The van der Waals surface area contributed by atoms with Gasteiger partial charge in [0.2, 0.25) is 0 Å². The number of carboxylic acid groups (broad SMARTS) is 2. The van der Waals surface area contributed by atoms with E-state index in [1.165, 1.54) is 18.5 Å². The topological polar surface area (TPSA) is 143 Å². The Morgan fingerprint density at radius 2 is 1.85 bits per heavy atom. The van der Waals surface area contributed by atoms with E-state index in [-0.39, 0.29) is 5.02 Å².